The number of nitrogens with one attached hydrogen (secondary N) is 1. The van der Waals surface area contributed by atoms with Crippen molar-refractivity contribution in [3.8, 4) is 0 Å². The Morgan fingerprint density at radius 3 is 2.70 bits per heavy atom. The molecule has 0 bridgehead atoms. The average Bonchev–Trinajstić information content (AvgIpc) is 2.85. The van der Waals surface area contributed by atoms with Gasteiger partial charge in [-0.3, -0.25) is 0 Å². The number of urea groups is 1. The molecule has 0 spiro atoms. The average molecular weight is 292 g/mol. The van der Waals surface area contributed by atoms with Gasteiger partial charge >= 0.3 is 6.03 Å². The molecule has 20 heavy (non-hydrogen) atoms. The molecular formula is C14H20N4OS. The zero-order chi connectivity index (χ0) is 14.7. The Bertz CT molecular complexity index is 596. The van der Waals surface area contributed by atoms with Gasteiger partial charge in [0.1, 0.15) is 11.0 Å². The van der Waals surface area contributed by atoms with Gasteiger partial charge in [0.25, 0.3) is 0 Å². The Morgan fingerprint density at radius 2 is 2.00 bits per heavy atom. The van der Waals surface area contributed by atoms with Crippen LogP contribution in [-0.4, -0.2) is 32.8 Å². The molecule has 2 rings (SSSR count). The van der Waals surface area contributed by atoms with E-state index in [1.165, 1.54) is 11.7 Å². The molecule has 108 valence electrons. The molecule has 5 nitrogen and oxygen atoms in total. The number of amides is 2. The SMILES string of the molecule is CC(C)[C@@H](C)NC(=O)N(C)Cc1ccc2nsnc2c1. The third-order valence-electron chi connectivity index (χ3n) is 3.44. The highest BCUT2D eigenvalue weighted by Crippen LogP contribution is 2.14. The lowest BCUT2D eigenvalue weighted by Crippen LogP contribution is -2.43. The van der Waals surface area contributed by atoms with Crippen molar-refractivity contribution in [2.45, 2.75) is 33.4 Å². The highest BCUT2D eigenvalue weighted by molar-refractivity contribution is 7.00. The van der Waals surface area contributed by atoms with Gasteiger partial charge < -0.3 is 10.2 Å². The fourth-order valence-electron chi connectivity index (χ4n) is 1.74. The van der Waals surface area contributed by atoms with Crippen LogP contribution in [0.2, 0.25) is 0 Å². The summed E-state index contributed by atoms with van der Waals surface area (Å²) in [6, 6.07) is 6.02. The maximum atomic E-state index is 12.1. The highest BCUT2D eigenvalue weighted by Gasteiger charge is 2.14. The summed E-state index contributed by atoms with van der Waals surface area (Å²) in [7, 11) is 1.80. The molecule has 1 N–H and O–H groups in total. The summed E-state index contributed by atoms with van der Waals surface area (Å²) < 4.78 is 8.39. The Balaban J connectivity index is 1.99. The van der Waals surface area contributed by atoms with Crippen LogP contribution in [0.5, 0.6) is 0 Å². The van der Waals surface area contributed by atoms with Crippen molar-refractivity contribution in [1.82, 2.24) is 19.0 Å². The Labute approximate surface area is 123 Å². The first-order valence-corrected chi connectivity index (χ1v) is 7.43. The second kappa shape index (κ2) is 6.17. The van der Waals surface area contributed by atoms with Crippen LogP contribution in [0.1, 0.15) is 26.3 Å². The molecule has 0 aliphatic rings. The molecule has 2 aromatic rings. The molecule has 1 atom stereocenters. The topological polar surface area (TPSA) is 58.1 Å². The zero-order valence-corrected chi connectivity index (χ0v) is 13.1. The number of hydrogen-bond donors (Lipinski definition) is 1. The number of hydrogen-bond acceptors (Lipinski definition) is 4. The van der Waals surface area contributed by atoms with Crippen LogP contribution in [0.25, 0.3) is 11.0 Å². The van der Waals surface area contributed by atoms with Crippen LogP contribution in [0, 0.1) is 5.92 Å². The molecule has 0 saturated carbocycles. The predicted molar refractivity (Wildman–Crippen MR) is 81.7 cm³/mol. The standard InChI is InChI=1S/C14H20N4OS/c1-9(2)10(3)15-14(19)18(4)8-11-5-6-12-13(7-11)17-20-16-12/h5-7,9-10H,8H2,1-4H3,(H,15,19)/t10-/m1/s1. The van der Waals surface area contributed by atoms with Crippen molar-refractivity contribution in [2.75, 3.05) is 7.05 Å². The van der Waals surface area contributed by atoms with Gasteiger partial charge in [0.15, 0.2) is 0 Å². The van der Waals surface area contributed by atoms with Crippen molar-refractivity contribution >= 4 is 28.8 Å². The van der Waals surface area contributed by atoms with E-state index in [1.54, 1.807) is 11.9 Å². The summed E-state index contributed by atoms with van der Waals surface area (Å²) in [5.74, 6) is 0.421. The molecule has 0 saturated heterocycles. The fourth-order valence-corrected chi connectivity index (χ4v) is 2.26. The van der Waals surface area contributed by atoms with Crippen LogP contribution < -0.4 is 5.32 Å². The summed E-state index contributed by atoms with van der Waals surface area (Å²) in [4.78, 5) is 13.7. The Hall–Kier alpha value is -1.69. The molecule has 2 amide bonds. The molecule has 0 fully saturated rings. The zero-order valence-electron chi connectivity index (χ0n) is 12.3. The first kappa shape index (κ1) is 14.7. The minimum absolute atomic E-state index is 0.0531. The van der Waals surface area contributed by atoms with E-state index in [0.29, 0.717) is 12.5 Å². The number of nitrogens with zero attached hydrogens (tertiary/aromatic N) is 3. The quantitative estimate of drug-likeness (QED) is 0.942. The maximum absolute atomic E-state index is 12.1. The largest absolute Gasteiger partial charge is 0.335 e. The van der Waals surface area contributed by atoms with Crippen molar-refractivity contribution in [1.29, 1.82) is 0 Å². The van der Waals surface area contributed by atoms with Crippen LogP contribution in [0.4, 0.5) is 4.79 Å². The summed E-state index contributed by atoms with van der Waals surface area (Å²) in [5.41, 5.74) is 2.84. The van der Waals surface area contributed by atoms with E-state index >= 15 is 0 Å². The molecule has 6 heteroatoms. The fraction of sp³-hybridized carbons (Fsp3) is 0.500. The lowest BCUT2D eigenvalue weighted by Gasteiger charge is -2.23. The van der Waals surface area contributed by atoms with E-state index in [9.17, 15) is 4.79 Å². The van der Waals surface area contributed by atoms with Gasteiger partial charge in [-0.25, -0.2) is 4.79 Å². The summed E-state index contributed by atoms with van der Waals surface area (Å²) >= 11 is 1.21. The van der Waals surface area contributed by atoms with Gasteiger partial charge in [-0.2, -0.15) is 8.75 Å². The number of rotatable bonds is 4. The normalized spacial score (nSPS) is 12.7. The lowest BCUT2D eigenvalue weighted by atomic mass is 10.1. The van der Waals surface area contributed by atoms with E-state index < -0.39 is 0 Å². The minimum Gasteiger partial charge on any atom is -0.335 e. The number of carbonyl (C=O) groups is 1. The molecule has 0 aliphatic carbocycles. The van der Waals surface area contributed by atoms with Crippen LogP contribution in [0.15, 0.2) is 18.2 Å². The monoisotopic (exact) mass is 292 g/mol. The number of aromatic nitrogens is 2. The van der Waals surface area contributed by atoms with Gasteiger partial charge in [0, 0.05) is 19.6 Å². The lowest BCUT2D eigenvalue weighted by molar-refractivity contribution is 0.200. The van der Waals surface area contributed by atoms with Gasteiger partial charge in [-0.15, -0.1) is 0 Å². The van der Waals surface area contributed by atoms with E-state index in [2.05, 4.69) is 27.9 Å². The highest BCUT2D eigenvalue weighted by atomic mass is 32.1. The van der Waals surface area contributed by atoms with E-state index in [1.807, 2.05) is 25.1 Å². The molecule has 0 aliphatic heterocycles. The molecule has 0 radical (unpaired) electrons. The predicted octanol–water partition coefficient (Wildman–Crippen LogP) is 2.88. The smallest absolute Gasteiger partial charge is 0.317 e. The summed E-state index contributed by atoms with van der Waals surface area (Å²) in [6.07, 6.45) is 0. The van der Waals surface area contributed by atoms with Crippen LogP contribution in [0.3, 0.4) is 0 Å². The van der Waals surface area contributed by atoms with E-state index in [-0.39, 0.29) is 12.1 Å². The number of fused-ring (bicyclic) bond motifs is 1. The molecular weight excluding hydrogens is 272 g/mol. The van der Waals surface area contributed by atoms with Gasteiger partial charge in [-0.1, -0.05) is 19.9 Å². The summed E-state index contributed by atoms with van der Waals surface area (Å²) in [6.45, 7) is 6.76. The van der Waals surface area contributed by atoms with Crippen molar-refractivity contribution in [3.63, 3.8) is 0 Å². The molecule has 1 heterocycles. The van der Waals surface area contributed by atoms with Crippen molar-refractivity contribution < 1.29 is 4.79 Å². The van der Waals surface area contributed by atoms with Crippen LogP contribution >= 0.6 is 11.7 Å². The third-order valence-corrected chi connectivity index (χ3v) is 3.99. The van der Waals surface area contributed by atoms with Gasteiger partial charge in [0.2, 0.25) is 0 Å². The Morgan fingerprint density at radius 1 is 1.30 bits per heavy atom. The third kappa shape index (κ3) is 3.45. The van der Waals surface area contributed by atoms with Crippen molar-refractivity contribution in [3.05, 3.63) is 23.8 Å². The second-order valence-electron chi connectivity index (χ2n) is 5.43. The molecule has 0 unspecified atom stereocenters. The summed E-state index contributed by atoms with van der Waals surface area (Å²) in [5, 5.41) is 2.99. The first-order valence-electron chi connectivity index (χ1n) is 6.70. The van der Waals surface area contributed by atoms with Gasteiger partial charge in [-0.05, 0) is 30.5 Å². The van der Waals surface area contributed by atoms with Gasteiger partial charge in [0.05, 0.1) is 11.7 Å². The van der Waals surface area contributed by atoms with E-state index in [0.717, 1.165) is 16.6 Å². The van der Waals surface area contributed by atoms with Crippen LogP contribution in [-0.2, 0) is 6.54 Å². The number of benzene rings is 1. The molecule has 1 aromatic carbocycles. The number of carbonyl (C=O) groups excluding carboxylic acids is 1. The maximum Gasteiger partial charge on any atom is 0.317 e. The van der Waals surface area contributed by atoms with E-state index in [4.69, 9.17) is 0 Å². The molecule has 1 aromatic heterocycles. The van der Waals surface area contributed by atoms with Crippen molar-refractivity contribution in [2.24, 2.45) is 5.92 Å². The second-order valence-corrected chi connectivity index (χ2v) is 5.95. The minimum atomic E-state index is -0.0531. The first-order chi connectivity index (χ1) is 9.47. The Kier molecular flexibility index (Phi) is 4.54.